The van der Waals surface area contributed by atoms with Crippen molar-refractivity contribution < 1.29 is 4.79 Å². The molecule has 1 aromatic heterocycles. The van der Waals surface area contributed by atoms with E-state index in [1.807, 2.05) is 6.07 Å². The van der Waals surface area contributed by atoms with Crippen LogP contribution >= 0.6 is 0 Å². The topological polar surface area (TPSA) is 87.0 Å². The van der Waals surface area contributed by atoms with Crippen molar-refractivity contribution in [3.63, 3.8) is 0 Å². The molecule has 4 N–H and O–H groups in total. The second kappa shape index (κ2) is 5.73. The van der Waals surface area contributed by atoms with Crippen LogP contribution in [0.3, 0.4) is 0 Å². The highest BCUT2D eigenvalue weighted by Gasteiger charge is 2.22. The third-order valence-electron chi connectivity index (χ3n) is 4.17. The number of H-pyrrole nitrogens is 1. The Balaban J connectivity index is 1.66. The molecular weight excluding hydrogens is 266 g/mol. The first-order valence-electron chi connectivity index (χ1n) is 7.41. The van der Waals surface area contributed by atoms with Gasteiger partial charge in [-0.25, -0.2) is 0 Å². The van der Waals surface area contributed by atoms with Crippen LogP contribution in [0.4, 0.5) is 5.69 Å². The van der Waals surface area contributed by atoms with Gasteiger partial charge >= 0.3 is 0 Å². The van der Waals surface area contributed by atoms with Crippen LogP contribution in [0.25, 0.3) is 10.9 Å². The molecule has 6 nitrogen and oxygen atoms in total. The third kappa shape index (κ3) is 2.85. The highest BCUT2D eigenvalue weighted by atomic mass is 16.1. The van der Waals surface area contributed by atoms with Crippen LogP contribution in [0.15, 0.2) is 18.2 Å². The molecule has 112 valence electrons. The van der Waals surface area contributed by atoms with E-state index in [1.54, 1.807) is 12.1 Å². The fourth-order valence-corrected chi connectivity index (χ4v) is 2.89. The average Bonchev–Trinajstić information content (AvgIpc) is 3.10. The summed E-state index contributed by atoms with van der Waals surface area (Å²) in [6, 6.07) is 5.41. The first-order chi connectivity index (χ1) is 10.2. The van der Waals surface area contributed by atoms with Crippen molar-refractivity contribution in [1.29, 1.82) is 0 Å². The van der Waals surface area contributed by atoms with E-state index in [9.17, 15) is 4.79 Å². The number of anilines is 1. The predicted molar refractivity (Wildman–Crippen MR) is 83.1 cm³/mol. The van der Waals surface area contributed by atoms with Crippen molar-refractivity contribution in [2.45, 2.75) is 13.3 Å². The van der Waals surface area contributed by atoms with Gasteiger partial charge in [0.1, 0.15) is 0 Å². The number of aromatic nitrogens is 2. The molecular formula is C15H21N5O. The average molecular weight is 287 g/mol. The van der Waals surface area contributed by atoms with E-state index in [4.69, 9.17) is 5.73 Å². The van der Waals surface area contributed by atoms with Gasteiger partial charge in [0.05, 0.1) is 5.52 Å². The molecule has 3 rings (SSSR count). The zero-order chi connectivity index (χ0) is 14.8. The number of hydrogen-bond acceptors (Lipinski definition) is 4. The van der Waals surface area contributed by atoms with Gasteiger partial charge in [0.15, 0.2) is 5.69 Å². The van der Waals surface area contributed by atoms with Crippen molar-refractivity contribution in [2.75, 3.05) is 31.9 Å². The van der Waals surface area contributed by atoms with Crippen molar-refractivity contribution in [1.82, 2.24) is 20.4 Å². The Labute approximate surface area is 123 Å². The number of nitrogens with zero attached hydrogens (tertiary/aromatic N) is 2. The molecule has 2 aromatic rings. The molecule has 1 aliphatic heterocycles. The standard InChI is InChI=1S/C15H21N5O/c1-2-20-6-5-10(9-20)8-17-15(21)14-12-7-11(16)3-4-13(12)18-19-14/h3-4,7,10H,2,5-6,8-9,16H2,1H3,(H,17,21)(H,18,19). The molecule has 2 heterocycles. The van der Waals surface area contributed by atoms with Gasteiger partial charge in [-0.05, 0) is 43.6 Å². The molecule has 0 spiro atoms. The molecule has 1 aromatic carbocycles. The Bertz CT molecular complexity index is 651. The van der Waals surface area contributed by atoms with E-state index < -0.39 is 0 Å². The summed E-state index contributed by atoms with van der Waals surface area (Å²) in [5, 5.41) is 10.7. The normalized spacial score (nSPS) is 19.2. The monoisotopic (exact) mass is 287 g/mol. The highest BCUT2D eigenvalue weighted by Crippen LogP contribution is 2.19. The van der Waals surface area contributed by atoms with Gasteiger partial charge in [0.2, 0.25) is 0 Å². The minimum absolute atomic E-state index is 0.137. The Kier molecular flexibility index (Phi) is 3.79. The number of carbonyl (C=O) groups is 1. The van der Waals surface area contributed by atoms with Crippen LogP contribution in [0.2, 0.25) is 0 Å². The van der Waals surface area contributed by atoms with E-state index in [0.29, 0.717) is 23.8 Å². The summed E-state index contributed by atoms with van der Waals surface area (Å²) in [7, 11) is 0. The zero-order valence-corrected chi connectivity index (χ0v) is 12.2. The van der Waals surface area contributed by atoms with Gasteiger partial charge in [0.25, 0.3) is 5.91 Å². The Hall–Kier alpha value is -2.08. The number of rotatable bonds is 4. The number of hydrogen-bond donors (Lipinski definition) is 3. The summed E-state index contributed by atoms with van der Waals surface area (Å²) in [4.78, 5) is 14.7. The molecule has 1 aliphatic rings. The molecule has 0 radical (unpaired) electrons. The largest absolute Gasteiger partial charge is 0.399 e. The summed E-state index contributed by atoms with van der Waals surface area (Å²) in [6.07, 6.45) is 1.14. The van der Waals surface area contributed by atoms with E-state index in [0.717, 1.165) is 37.0 Å². The maximum Gasteiger partial charge on any atom is 0.272 e. The number of nitrogens with two attached hydrogens (primary N) is 1. The predicted octanol–water partition coefficient (Wildman–Crippen LogP) is 1.22. The number of fused-ring (bicyclic) bond motifs is 1. The molecule has 21 heavy (non-hydrogen) atoms. The molecule has 0 aliphatic carbocycles. The Morgan fingerprint density at radius 3 is 3.19 bits per heavy atom. The summed E-state index contributed by atoms with van der Waals surface area (Å²) in [5.74, 6) is 0.394. The summed E-state index contributed by atoms with van der Waals surface area (Å²) in [5.41, 5.74) is 7.65. The fraction of sp³-hybridized carbons (Fsp3) is 0.467. The van der Waals surface area contributed by atoms with Gasteiger partial charge in [0, 0.05) is 24.2 Å². The SMILES string of the molecule is CCN1CCC(CNC(=O)c2n[nH]c3ccc(N)cc23)C1. The molecule has 1 amide bonds. The third-order valence-corrected chi connectivity index (χ3v) is 4.17. The number of nitrogens with one attached hydrogen (secondary N) is 2. The van der Waals surface area contributed by atoms with Crippen molar-refractivity contribution in [2.24, 2.45) is 5.92 Å². The summed E-state index contributed by atoms with van der Waals surface area (Å²) < 4.78 is 0. The van der Waals surface area contributed by atoms with Gasteiger partial charge in [-0.2, -0.15) is 5.10 Å². The first-order valence-corrected chi connectivity index (χ1v) is 7.41. The summed E-state index contributed by atoms with van der Waals surface area (Å²) in [6.45, 7) is 6.13. The van der Waals surface area contributed by atoms with Crippen LogP contribution in [-0.2, 0) is 0 Å². The molecule has 1 fully saturated rings. The van der Waals surface area contributed by atoms with Crippen LogP contribution in [0.1, 0.15) is 23.8 Å². The maximum absolute atomic E-state index is 12.3. The van der Waals surface area contributed by atoms with Gasteiger partial charge < -0.3 is 16.0 Å². The van der Waals surface area contributed by atoms with Crippen molar-refractivity contribution >= 4 is 22.5 Å². The van der Waals surface area contributed by atoms with Gasteiger partial charge in [-0.1, -0.05) is 6.92 Å². The lowest BCUT2D eigenvalue weighted by Gasteiger charge is -2.13. The number of benzene rings is 1. The van der Waals surface area contributed by atoms with Gasteiger partial charge in [-0.3, -0.25) is 9.89 Å². The molecule has 0 bridgehead atoms. The van der Waals surface area contributed by atoms with Crippen molar-refractivity contribution in [3.05, 3.63) is 23.9 Å². The fourth-order valence-electron chi connectivity index (χ4n) is 2.89. The quantitative estimate of drug-likeness (QED) is 0.738. The minimum Gasteiger partial charge on any atom is -0.399 e. The number of amides is 1. The number of carbonyl (C=O) groups excluding carboxylic acids is 1. The molecule has 1 saturated heterocycles. The minimum atomic E-state index is -0.137. The Morgan fingerprint density at radius 1 is 1.57 bits per heavy atom. The van der Waals surface area contributed by atoms with Crippen LogP contribution in [-0.4, -0.2) is 47.2 Å². The molecule has 1 atom stereocenters. The maximum atomic E-state index is 12.3. The lowest BCUT2D eigenvalue weighted by molar-refractivity contribution is 0.0944. The van der Waals surface area contributed by atoms with E-state index >= 15 is 0 Å². The van der Waals surface area contributed by atoms with Gasteiger partial charge in [-0.15, -0.1) is 0 Å². The molecule has 6 heteroatoms. The zero-order valence-electron chi connectivity index (χ0n) is 12.2. The van der Waals surface area contributed by atoms with Crippen LogP contribution in [0, 0.1) is 5.92 Å². The van der Waals surface area contributed by atoms with Crippen LogP contribution in [0.5, 0.6) is 0 Å². The first kappa shape index (κ1) is 13.9. The van der Waals surface area contributed by atoms with E-state index in [1.165, 1.54) is 0 Å². The second-order valence-electron chi connectivity index (χ2n) is 5.64. The number of likely N-dealkylation sites (tertiary alicyclic amines) is 1. The molecule has 1 unspecified atom stereocenters. The number of nitrogen functional groups attached to an aromatic ring is 1. The lowest BCUT2D eigenvalue weighted by Crippen LogP contribution is -2.31. The smallest absolute Gasteiger partial charge is 0.272 e. The Morgan fingerprint density at radius 2 is 2.43 bits per heavy atom. The van der Waals surface area contributed by atoms with Crippen LogP contribution < -0.4 is 11.1 Å². The molecule has 0 saturated carbocycles. The highest BCUT2D eigenvalue weighted by molar-refractivity contribution is 6.05. The lowest BCUT2D eigenvalue weighted by atomic mass is 10.1. The van der Waals surface area contributed by atoms with Crippen molar-refractivity contribution in [3.8, 4) is 0 Å². The number of aromatic amines is 1. The van der Waals surface area contributed by atoms with E-state index in [-0.39, 0.29) is 5.91 Å². The second-order valence-corrected chi connectivity index (χ2v) is 5.64. The summed E-state index contributed by atoms with van der Waals surface area (Å²) >= 11 is 0. The van der Waals surface area contributed by atoms with E-state index in [2.05, 4.69) is 27.3 Å².